The quantitative estimate of drug-likeness (QED) is 0.193. The Labute approximate surface area is 266 Å². The third-order valence-corrected chi connectivity index (χ3v) is 10.5. The predicted octanol–water partition coefficient (Wildman–Crippen LogP) is 10.8. The average molecular weight is 614 g/mol. The molecule has 0 aliphatic heterocycles. The molecule has 9 aromatic rings. The Morgan fingerprint density at radius 3 is 1.49 bits per heavy atom. The van der Waals surface area contributed by atoms with Crippen LogP contribution in [-0.4, -0.2) is 19.9 Å². The Balaban J connectivity index is 1.20. The third-order valence-electron chi connectivity index (χ3n) is 8.10. The normalized spacial score (nSPS) is 11.6. The van der Waals surface area contributed by atoms with E-state index in [-0.39, 0.29) is 0 Å². The lowest BCUT2D eigenvalue weighted by atomic mass is 10.1. The fourth-order valence-corrected chi connectivity index (χ4v) is 8.45. The molecule has 0 radical (unpaired) electrons. The molecule has 3 aromatic carbocycles. The van der Waals surface area contributed by atoms with Crippen LogP contribution in [-0.2, 0) is 0 Å². The molecule has 0 bridgehead atoms. The number of fused-ring (bicyclic) bond motifs is 6. The standard InChI is InChI=1S/C38H23N5S2/c1-2-8-24(9-3-1)43(35-16-6-14-31(41-35)29-12-4-10-27-25-18-20-39-22-33(25)44-37(27)29)36-17-7-15-32(42-36)30-13-5-11-28-26-19-21-40-23-34(26)45-38(28)30/h1-23H. The van der Waals surface area contributed by atoms with Crippen molar-refractivity contribution < 1.29 is 0 Å². The van der Waals surface area contributed by atoms with E-state index in [1.165, 1.54) is 40.3 Å². The highest BCUT2D eigenvalue weighted by Gasteiger charge is 2.19. The molecule has 212 valence electrons. The molecule has 0 spiro atoms. The molecule has 0 saturated heterocycles. The van der Waals surface area contributed by atoms with E-state index in [2.05, 4.69) is 112 Å². The molecule has 0 saturated carbocycles. The fourth-order valence-electron chi connectivity index (χ4n) is 6.06. The zero-order valence-corrected chi connectivity index (χ0v) is 25.5. The highest BCUT2D eigenvalue weighted by atomic mass is 32.1. The van der Waals surface area contributed by atoms with E-state index >= 15 is 0 Å². The molecule has 6 aromatic heterocycles. The van der Waals surface area contributed by atoms with Crippen LogP contribution >= 0.6 is 22.7 Å². The van der Waals surface area contributed by atoms with Gasteiger partial charge in [0.05, 0.1) is 20.8 Å². The summed E-state index contributed by atoms with van der Waals surface area (Å²) in [5.74, 6) is 1.60. The van der Waals surface area contributed by atoms with E-state index in [1.54, 1.807) is 22.7 Å². The van der Waals surface area contributed by atoms with Gasteiger partial charge in [-0.1, -0.05) is 66.7 Å². The largest absolute Gasteiger partial charge is 0.279 e. The summed E-state index contributed by atoms with van der Waals surface area (Å²) in [6.45, 7) is 0. The molecule has 0 N–H and O–H groups in total. The lowest BCUT2D eigenvalue weighted by Crippen LogP contribution is -2.13. The van der Waals surface area contributed by atoms with Gasteiger partial charge in [0.2, 0.25) is 0 Å². The van der Waals surface area contributed by atoms with Crippen LogP contribution in [0.15, 0.2) is 140 Å². The molecule has 5 nitrogen and oxygen atoms in total. The van der Waals surface area contributed by atoms with E-state index in [9.17, 15) is 0 Å². The van der Waals surface area contributed by atoms with E-state index in [1.807, 2.05) is 43.0 Å². The van der Waals surface area contributed by atoms with Gasteiger partial charge < -0.3 is 0 Å². The van der Waals surface area contributed by atoms with E-state index < -0.39 is 0 Å². The van der Waals surface area contributed by atoms with Gasteiger partial charge in [-0.3, -0.25) is 14.9 Å². The number of nitrogens with zero attached hydrogens (tertiary/aromatic N) is 5. The average Bonchev–Trinajstić information content (AvgIpc) is 3.68. The van der Waals surface area contributed by atoms with Crippen molar-refractivity contribution in [2.24, 2.45) is 0 Å². The zero-order valence-electron chi connectivity index (χ0n) is 23.8. The number of para-hydroxylation sites is 1. The van der Waals surface area contributed by atoms with Crippen molar-refractivity contribution in [2.75, 3.05) is 4.90 Å². The molecular formula is C38H23N5S2. The van der Waals surface area contributed by atoms with Crippen molar-refractivity contribution in [3.8, 4) is 22.5 Å². The minimum Gasteiger partial charge on any atom is -0.279 e. The van der Waals surface area contributed by atoms with Crippen LogP contribution < -0.4 is 4.90 Å². The molecule has 6 heterocycles. The second-order valence-corrected chi connectivity index (χ2v) is 12.8. The summed E-state index contributed by atoms with van der Waals surface area (Å²) in [7, 11) is 0. The molecule has 7 heteroatoms. The molecule has 0 atom stereocenters. The first kappa shape index (κ1) is 25.9. The Bertz CT molecular complexity index is 2360. The van der Waals surface area contributed by atoms with Crippen LogP contribution in [0.2, 0.25) is 0 Å². The van der Waals surface area contributed by atoms with Gasteiger partial charge in [-0.2, -0.15) is 0 Å². The highest BCUT2D eigenvalue weighted by molar-refractivity contribution is 7.26. The molecule has 45 heavy (non-hydrogen) atoms. The molecule has 0 unspecified atom stereocenters. The topological polar surface area (TPSA) is 54.8 Å². The fraction of sp³-hybridized carbons (Fsp3) is 0. The van der Waals surface area contributed by atoms with Crippen LogP contribution in [0.1, 0.15) is 0 Å². The van der Waals surface area contributed by atoms with Crippen LogP contribution in [0.4, 0.5) is 17.3 Å². The number of hydrogen-bond acceptors (Lipinski definition) is 7. The summed E-state index contributed by atoms with van der Waals surface area (Å²) in [5, 5.41) is 4.89. The minimum absolute atomic E-state index is 0.800. The maximum Gasteiger partial charge on any atom is 0.139 e. The Hall–Kier alpha value is -5.50. The van der Waals surface area contributed by atoms with E-state index in [0.717, 1.165) is 39.8 Å². The van der Waals surface area contributed by atoms with Crippen molar-refractivity contribution in [1.82, 2.24) is 19.9 Å². The number of hydrogen-bond donors (Lipinski definition) is 0. The maximum atomic E-state index is 5.27. The highest BCUT2D eigenvalue weighted by Crippen LogP contribution is 2.42. The SMILES string of the molecule is c1ccc(N(c2cccc(-c3cccc4c3sc3cnccc34)n2)c2cccc(-c3cccc4c3sc3cnccc34)n2)cc1. The van der Waals surface area contributed by atoms with Crippen molar-refractivity contribution >= 4 is 80.3 Å². The number of aromatic nitrogens is 4. The third kappa shape index (κ3) is 4.36. The van der Waals surface area contributed by atoms with Crippen LogP contribution in [0.5, 0.6) is 0 Å². The van der Waals surface area contributed by atoms with Crippen LogP contribution in [0.3, 0.4) is 0 Å². The molecule has 0 aliphatic rings. The number of thiophene rings is 2. The molecule has 0 amide bonds. The lowest BCUT2D eigenvalue weighted by molar-refractivity contribution is 1.13. The van der Waals surface area contributed by atoms with E-state index in [4.69, 9.17) is 9.97 Å². The van der Waals surface area contributed by atoms with Crippen molar-refractivity contribution in [3.05, 3.63) is 140 Å². The van der Waals surface area contributed by atoms with Crippen molar-refractivity contribution in [3.63, 3.8) is 0 Å². The second-order valence-electron chi connectivity index (χ2n) is 10.7. The first-order valence-electron chi connectivity index (χ1n) is 14.6. The predicted molar refractivity (Wildman–Crippen MR) is 189 cm³/mol. The smallest absolute Gasteiger partial charge is 0.139 e. The van der Waals surface area contributed by atoms with Gasteiger partial charge in [0.25, 0.3) is 0 Å². The second kappa shape index (κ2) is 10.6. The Kier molecular flexibility index (Phi) is 6.11. The van der Waals surface area contributed by atoms with Gasteiger partial charge in [-0.15, -0.1) is 22.7 Å². The summed E-state index contributed by atoms with van der Waals surface area (Å²) in [5.41, 5.74) is 5.04. The number of pyridine rings is 4. The molecular weight excluding hydrogens is 591 g/mol. The Morgan fingerprint density at radius 1 is 0.444 bits per heavy atom. The minimum atomic E-state index is 0.800. The number of rotatable bonds is 5. The van der Waals surface area contributed by atoms with Gasteiger partial charge in [0, 0.05) is 72.5 Å². The maximum absolute atomic E-state index is 5.27. The van der Waals surface area contributed by atoms with Gasteiger partial charge in [-0.05, 0) is 48.5 Å². The summed E-state index contributed by atoms with van der Waals surface area (Å²) >= 11 is 3.52. The summed E-state index contributed by atoms with van der Waals surface area (Å²) in [4.78, 5) is 21.4. The number of anilines is 3. The zero-order chi connectivity index (χ0) is 29.7. The van der Waals surface area contributed by atoms with Crippen molar-refractivity contribution in [1.29, 1.82) is 0 Å². The number of benzene rings is 3. The first-order valence-corrected chi connectivity index (χ1v) is 16.3. The van der Waals surface area contributed by atoms with Crippen molar-refractivity contribution in [2.45, 2.75) is 0 Å². The molecule has 0 aliphatic carbocycles. The summed E-state index contributed by atoms with van der Waals surface area (Å²) in [6, 6.07) is 39.9. The van der Waals surface area contributed by atoms with Gasteiger partial charge >= 0.3 is 0 Å². The summed E-state index contributed by atoms with van der Waals surface area (Å²) < 4.78 is 4.77. The van der Waals surface area contributed by atoms with Gasteiger partial charge in [0.1, 0.15) is 11.6 Å². The van der Waals surface area contributed by atoms with Gasteiger partial charge in [0.15, 0.2) is 0 Å². The Morgan fingerprint density at radius 2 is 0.956 bits per heavy atom. The van der Waals surface area contributed by atoms with Crippen LogP contribution in [0, 0.1) is 0 Å². The van der Waals surface area contributed by atoms with Crippen LogP contribution in [0.25, 0.3) is 62.9 Å². The monoisotopic (exact) mass is 613 g/mol. The summed E-state index contributed by atoms with van der Waals surface area (Å²) in [6.07, 6.45) is 7.61. The molecule has 0 fully saturated rings. The van der Waals surface area contributed by atoms with Gasteiger partial charge in [-0.25, -0.2) is 9.97 Å². The lowest BCUT2D eigenvalue weighted by Gasteiger charge is -2.24. The first-order chi connectivity index (χ1) is 22.3. The van der Waals surface area contributed by atoms with E-state index in [0.29, 0.717) is 0 Å². The molecule has 9 rings (SSSR count).